The zero-order valence-electron chi connectivity index (χ0n) is 7.46. The molecule has 0 saturated heterocycles. The van der Waals surface area contributed by atoms with Crippen LogP contribution in [0.25, 0.3) is 0 Å². The fourth-order valence-corrected chi connectivity index (χ4v) is 0.675. The molecule has 60 valence electrons. The van der Waals surface area contributed by atoms with Crippen molar-refractivity contribution in [2.75, 3.05) is 0 Å². The van der Waals surface area contributed by atoms with Gasteiger partial charge in [0.25, 0.3) is 0 Å². The first-order valence-corrected chi connectivity index (χ1v) is 3.71. The Bertz CT molecular complexity index is 207. The van der Waals surface area contributed by atoms with E-state index in [1.54, 1.807) is 12.3 Å². The van der Waals surface area contributed by atoms with Crippen molar-refractivity contribution in [1.82, 2.24) is 0 Å². The predicted molar refractivity (Wildman–Crippen MR) is 51.9 cm³/mol. The fraction of sp³-hybridized carbons (Fsp3) is 0.300. The largest absolute Gasteiger partial charge is 0.261 e. The summed E-state index contributed by atoms with van der Waals surface area (Å²) in [7, 11) is 0. The Labute approximate surface area is 68.9 Å². The van der Waals surface area contributed by atoms with Crippen molar-refractivity contribution in [1.29, 1.82) is 0 Å². The maximum atomic E-state index is 4.18. The minimum Gasteiger partial charge on any atom is -0.261 e. The second-order valence-corrected chi connectivity index (χ2v) is 2.15. The molecule has 0 aliphatic carbocycles. The van der Waals surface area contributed by atoms with Gasteiger partial charge in [-0.1, -0.05) is 18.7 Å². The third kappa shape index (κ3) is 3.56. The molecule has 0 aromatic rings. The van der Waals surface area contributed by atoms with Crippen LogP contribution in [0, 0.1) is 0 Å². The summed E-state index contributed by atoms with van der Waals surface area (Å²) in [5.74, 6) is 0. The molecule has 0 rings (SSSR count). The summed E-state index contributed by atoms with van der Waals surface area (Å²) in [5, 5.41) is 0. The molecule has 0 aliphatic heterocycles. The van der Waals surface area contributed by atoms with E-state index in [0.29, 0.717) is 0 Å². The highest BCUT2D eigenvalue weighted by molar-refractivity contribution is 5.57. The Kier molecular flexibility index (Phi) is 5.09. The van der Waals surface area contributed by atoms with Gasteiger partial charge in [0.05, 0.1) is 5.70 Å². The first kappa shape index (κ1) is 9.89. The lowest BCUT2D eigenvalue weighted by molar-refractivity contribution is 1.28. The zero-order valence-corrected chi connectivity index (χ0v) is 7.46. The van der Waals surface area contributed by atoms with Crippen LogP contribution in [0.4, 0.5) is 0 Å². The summed E-state index contributed by atoms with van der Waals surface area (Å²) in [6.07, 6.45) is 7.45. The van der Waals surface area contributed by atoms with Crippen LogP contribution in [0.5, 0.6) is 0 Å². The predicted octanol–water partition coefficient (Wildman–Crippen LogP) is 3.11. The molecule has 1 nitrogen and oxygen atoms in total. The Morgan fingerprint density at radius 2 is 2.00 bits per heavy atom. The number of aliphatic imine (C=N–C) groups is 1. The van der Waals surface area contributed by atoms with Crippen molar-refractivity contribution < 1.29 is 0 Å². The van der Waals surface area contributed by atoms with Gasteiger partial charge >= 0.3 is 0 Å². The van der Waals surface area contributed by atoms with Crippen molar-refractivity contribution in [2.45, 2.75) is 20.8 Å². The van der Waals surface area contributed by atoms with E-state index in [1.165, 1.54) is 5.57 Å². The molecule has 0 spiro atoms. The lowest BCUT2D eigenvalue weighted by Crippen LogP contribution is -1.80. The molecule has 0 N–H and O–H groups in total. The third-order valence-corrected chi connectivity index (χ3v) is 1.38. The van der Waals surface area contributed by atoms with Crippen molar-refractivity contribution in [3.63, 3.8) is 0 Å². The van der Waals surface area contributed by atoms with Crippen LogP contribution in [0.15, 0.2) is 41.1 Å². The number of rotatable bonds is 3. The van der Waals surface area contributed by atoms with Gasteiger partial charge in [-0.05, 0) is 32.4 Å². The van der Waals surface area contributed by atoms with Crippen molar-refractivity contribution in [2.24, 2.45) is 4.99 Å². The van der Waals surface area contributed by atoms with Gasteiger partial charge < -0.3 is 0 Å². The smallest absolute Gasteiger partial charge is 0.0651 e. The van der Waals surface area contributed by atoms with E-state index >= 15 is 0 Å². The first-order chi connectivity index (χ1) is 5.26. The van der Waals surface area contributed by atoms with Gasteiger partial charge in [0.1, 0.15) is 0 Å². The number of nitrogens with zero attached hydrogens (tertiary/aromatic N) is 1. The molecule has 0 fully saturated rings. The number of hydrogen-bond donors (Lipinski definition) is 0. The van der Waals surface area contributed by atoms with Crippen molar-refractivity contribution in [3.8, 4) is 0 Å². The quantitative estimate of drug-likeness (QED) is 0.432. The van der Waals surface area contributed by atoms with E-state index in [2.05, 4.69) is 11.6 Å². The van der Waals surface area contributed by atoms with Crippen LogP contribution in [-0.4, -0.2) is 6.21 Å². The monoisotopic (exact) mass is 149 g/mol. The lowest BCUT2D eigenvalue weighted by Gasteiger charge is -1.97. The molecule has 0 amide bonds. The average molecular weight is 149 g/mol. The molecule has 1 heteroatoms. The molecule has 0 aromatic heterocycles. The van der Waals surface area contributed by atoms with E-state index < -0.39 is 0 Å². The zero-order chi connectivity index (χ0) is 8.69. The molecule has 0 saturated carbocycles. The Hall–Kier alpha value is -1.11. The van der Waals surface area contributed by atoms with Crippen LogP contribution in [-0.2, 0) is 0 Å². The second-order valence-electron chi connectivity index (χ2n) is 2.15. The second kappa shape index (κ2) is 5.66. The molecule has 0 bridgehead atoms. The molecule has 0 unspecified atom stereocenters. The summed E-state index contributed by atoms with van der Waals surface area (Å²) in [5.41, 5.74) is 2.15. The molecular formula is C10H15N. The van der Waals surface area contributed by atoms with Crippen LogP contribution >= 0.6 is 0 Å². The SMILES string of the molecule is C=C/C=C(N=CC)\C(C)=C/C. The molecular weight excluding hydrogens is 134 g/mol. The van der Waals surface area contributed by atoms with Gasteiger partial charge in [0.2, 0.25) is 0 Å². The topological polar surface area (TPSA) is 12.4 Å². The van der Waals surface area contributed by atoms with Crippen LogP contribution < -0.4 is 0 Å². The molecule has 11 heavy (non-hydrogen) atoms. The van der Waals surface area contributed by atoms with Gasteiger partial charge in [0, 0.05) is 6.21 Å². The van der Waals surface area contributed by atoms with E-state index in [0.717, 1.165) is 5.70 Å². The minimum absolute atomic E-state index is 0.977. The van der Waals surface area contributed by atoms with Crippen molar-refractivity contribution in [3.05, 3.63) is 36.1 Å². The van der Waals surface area contributed by atoms with Crippen LogP contribution in [0.3, 0.4) is 0 Å². The van der Waals surface area contributed by atoms with E-state index in [-0.39, 0.29) is 0 Å². The summed E-state index contributed by atoms with van der Waals surface area (Å²) in [6, 6.07) is 0. The Balaban J connectivity index is 4.61. The maximum Gasteiger partial charge on any atom is 0.0651 e. The third-order valence-electron chi connectivity index (χ3n) is 1.38. The maximum absolute atomic E-state index is 4.18. The first-order valence-electron chi connectivity index (χ1n) is 3.71. The Morgan fingerprint density at radius 3 is 2.36 bits per heavy atom. The normalized spacial score (nSPS) is 14.1. The molecule has 0 aromatic carbocycles. The van der Waals surface area contributed by atoms with Gasteiger partial charge in [0.15, 0.2) is 0 Å². The summed E-state index contributed by atoms with van der Waals surface area (Å²) in [6.45, 7) is 9.55. The van der Waals surface area contributed by atoms with Gasteiger partial charge in [-0.2, -0.15) is 0 Å². The van der Waals surface area contributed by atoms with Crippen molar-refractivity contribution >= 4 is 6.21 Å². The fourth-order valence-electron chi connectivity index (χ4n) is 0.675. The van der Waals surface area contributed by atoms with Gasteiger partial charge in [-0.3, -0.25) is 4.99 Å². The molecule has 0 aliphatic rings. The van der Waals surface area contributed by atoms with E-state index in [4.69, 9.17) is 0 Å². The Morgan fingerprint density at radius 1 is 1.36 bits per heavy atom. The number of allylic oxidation sites excluding steroid dienone is 4. The summed E-state index contributed by atoms with van der Waals surface area (Å²) < 4.78 is 0. The highest BCUT2D eigenvalue weighted by Gasteiger charge is 1.91. The van der Waals surface area contributed by atoms with Gasteiger partial charge in [-0.25, -0.2) is 0 Å². The average Bonchev–Trinajstić information content (AvgIpc) is 2.03. The molecule has 0 atom stereocenters. The highest BCUT2D eigenvalue weighted by atomic mass is 14.7. The summed E-state index contributed by atoms with van der Waals surface area (Å²) >= 11 is 0. The minimum atomic E-state index is 0.977. The standard InChI is InChI=1S/C10H15N/c1-5-8-10(11-7-3)9(4)6-2/h5-8H,1H2,2-4H3/b9-6-,10-8+,11-7?. The highest BCUT2D eigenvalue weighted by Crippen LogP contribution is 2.09. The summed E-state index contributed by atoms with van der Waals surface area (Å²) in [4.78, 5) is 4.18. The molecule has 0 radical (unpaired) electrons. The molecule has 0 heterocycles. The van der Waals surface area contributed by atoms with Crippen LogP contribution in [0.1, 0.15) is 20.8 Å². The van der Waals surface area contributed by atoms with Crippen LogP contribution in [0.2, 0.25) is 0 Å². The van der Waals surface area contributed by atoms with Gasteiger partial charge in [-0.15, -0.1) is 0 Å². The number of hydrogen-bond acceptors (Lipinski definition) is 1. The van der Waals surface area contributed by atoms with E-state index in [1.807, 2.05) is 32.9 Å². The lowest BCUT2D eigenvalue weighted by atomic mass is 10.2. The van der Waals surface area contributed by atoms with E-state index in [9.17, 15) is 0 Å².